The molecule has 1 N–H and O–H groups in total. The molecule has 3 aromatic carbocycles. The van der Waals surface area contributed by atoms with Gasteiger partial charge in [0.1, 0.15) is 11.7 Å². The van der Waals surface area contributed by atoms with Crippen LogP contribution in [0.1, 0.15) is 67.0 Å². The molecule has 16 heteroatoms. The molecule has 0 radical (unpaired) electrons. The van der Waals surface area contributed by atoms with Gasteiger partial charge in [-0.2, -0.15) is 5.10 Å². The average molecular weight is 837 g/mol. The van der Waals surface area contributed by atoms with Crippen molar-refractivity contribution in [2.45, 2.75) is 51.6 Å². The van der Waals surface area contributed by atoms with Gasteiger partial charge in [-0.3, -0.25) is 24.2 Å². The number of carbonyl (C=O) groups is 2. The first-order valence-corrected chi connectivity index (χ1v) is 21.4. The molecule has 0 spiro atoms. The van der Waals surface area contributed by atoms with E-state index in [1.54, 1.807) is 22.0 Å². The van der Waals surface area contributed by atoms with Crippen molar-refractivity contribution in [1.82, 2.24) is 29.7 Å². The highest BCUT2D eigenvalue weighted by Gasteiger charge is 2.53. The van der Waals surface area contributed by atoms with Crippen LogP contribution in [0.4, 0.5) is 24.8 Å². The first kappa shape index (κ1) is 40.0. The van der Waals surface area contributed by atoms with Crippen molar-refractivity contribution in [3.63, 3.8) is 0 Å². The van der Waals surface area contributed by atoms with E-state index in [0.29, 0.717) is 29.7 Å². The molecular formula is C43H40ClF3N8O3Si. The molecule has 2 aliphatic rings. The molecule has 0 bridgehead atoms. The van der Waals surface area contributed by atoms with E-state index in [1.165, 1.54) is 6.20 Å². The summed E-state index contributed by atoms with van der Waals surface area (Å²) in [5.41, 5.74) is -0.114. The van der Waals surface area contributed by atoms with Crippen LogP contribution in [0.15, 0.2) is 104 Å². The van der Waals surface area contributed by atoms with Crippen LogP contribution in [0.25, 0.3) is 11.3 Å². The van der Waals surface area contributed by atoms with E-state index < -0.39 is 43.6 Å². The summed E-state index contributed by atoms with van der Waals surface area (Å²) in [5, 5.41) is 8.87. The molecule has 11 nitrogen and oxygen atoms in total. The first-order valence-electron chi connectivity index (χ1n) is 19.1. The monoisotopic (exact) mass is 836 g/mol. The summed E-state index contributed by atoms with van der Waals surface area (Å²) in [7, 11) is -3.06. The highest BCUT2D eigenvalue weighted by atomic mass is 35.5. The fourth-order valence-corrected chi connectivity index (χ4v) is 12.7. The molecule has 1 saturated carbocycles. The molecule has 3 atom stereocenters. The number of aryl methyl sites for hydroxylation is 1. The van der Waals surface area contributed by atoms with Gasteiger partial charge in [0.05, 0.1) is 41.6 Å². The molecule has 4 heterocycles. The van der Waals surface area contributed by atoms with Crippen LogP contribution in [0.2, 0.25) is 10.1 Å². The smallest absolute Gasteiger partial charge is 0.275 e. The highest BCUT2D eigenvalue weighted by Crippen LogP contribution is 2.47. The molecule has 59 heavy (non-hydrogen) atoms. The van der Waals surface area contributed by atoms with Crippen molar-refractivity contribution in [2.24, 2.45) is 11.8 Å². The van der Waals surface area contributed by atoms with Crippen molar-refractivity contribution in [3.05, 3.63) is 137 Å². The summed E-state index contributed by atoms with van der Waals surface area (Å²) >= 11 is 5.93. The molecule has 1 saturated heterocycles. The third kappa shape index (κ3) is 7.54. The molecule has 1 aliphatic heterocycles. The number of nitrogens with zero attached hydrogens (tertiary/aromatic N) is 7. The number of benzene rings is 3. The summed E-state index contributed by atoms with van der Waals surface area (Å²) in [6.45, 7) is 9.14. The highest BCUT2D eigenvalue weighted by molar-refractivity contribution is 6.99. The second-order valence-corrected chi connectivity index (χ2v) is 20.5. The number of hydrogen-bond acceptors (Lipinski definition) is 8. The van der Waals surface area contributed by atoms with Crippen LogP contribution in [-0.2, 0) is 9.22 Å². The van der Waals surface area contributed by atoms with Crippen LogP contribution in [0.3, 0.4) is 0 Å². The van der Waals surface area contributed by atoms with E-state index in [1.807, 2.05) is 43.3 Å². The van der Waals surface area contributed by atoms with Crippen molar-refractivity contribution in [2.75, 3.05) is 23.4 Å². The molecule has 2 amide bonds. The number of fused-ring (bicyclic) bond motifs is 1. The molecule has 8 rings (SSSR count). The maximum Gasteiger partial charge on any atom is 0.275 e. The zero-order valence-corrected chi connectivity index (χ0v) is 34.4. The fourth-order valence-electron chi connectivity index (χ4n) is 8.02. The van der Waals surface area contributed by atoms with Gasteiger partial charge in [-0.05, 0) is 40.7 Å². The number of nitrogens with one attached hydrogen (secondary N) is 1. The van der Waals surface area contributed by atoms with E-state index in [0.717, 1.165) is 41.3 Å². The van der Waals surface area contributed by atoms with Gasteiger partial charge in [-0.15, -0.1) is 0 Å². The topological polar surface area (TPSA) is 128 Å². The maximum absolute atomic E-state index is 15.1. The summed E-state index contributed by atoms with van der Waals surface area (Å²) in [5.74, 6) is -1.05. The number of hydrogen-bond donors (Lipinski definition) is 1. The van der Waals surface area contributed by atoms with Crippen molar-refractivity contribution >= 4 is 53.7 Å². The van der Waals surface area contributed by atoms with Crippen molar-refractivity contribution < 1.29 is 27.2 Å². The lowest BCUT2D eigenvalue weighted by atomic mass is 10.0. The van der Waals surface area contributed by atoms with E-state index in [2.05, 4.69) is 70.4 Å². The number of piperidine rings is 1. The Hall–Kier alpha value is -5.77. The average Bonchev–Trinajstić information content (AvgIpc) is 3.73. The van der Waals surface area contributed by atoms with Crippen LogP contribution >= 0.6 is 11.6 Å². The van der Waals surface area contributed by atoms with Gasteiger partial charge in [0.25, 0.3) is 20.7 Å². The second kappa shape index (κ2) is 15.8. The van der Waals surface area contributed by atoms with Crippen molar-refractivity contribution in [3.8, 4) is 11.3 Å². The first-order chi connectivity index (χ1) is 28.3. The molecule has 1 aliphatic carbocycles. The Morgan fingerprint density at radius 3 is 2.27 bits per heavy atom. The quantitative estimate of drug-likeness (QED) is 0.125. The minimum Gasteiger partial charge on any atom is -0.405 e. The summed E-state index contributed by atoms with van der Waals surface area (Å²) < 4.78 is 51.9. The van der Waals surface area contributed by atoms with Crippen molar-refractivity contribution in [1.29, 1.82) is 0 Å². The van der Waals surface area contributed by atoms with Crippen LogP contribution < -0.4 is 20.6 Å². The van der Waals surface area contributed by atoms with E-state index in [4.69, 9.17) is 21.0 Å². The van der Waals surface area contributed by atoms with Crippen LogP contribution in [0, 0.1) is 24.6 Å². The number of amides is 2. The third-order valence-corrected chi connectivity index (χ3v) is 16.4. The van der Waals surface area contributed by atoms with Gasteiger partial charge in [-0.1, -0.05) is 99.1 Å². The zero-order chi connectivity index (χ0) is 41.6. The number of rotatable bonds is 12. The number of aromatic nitrogens is 6. The standard InChI is InChI=1S/C43H40ClF3N8O3Si/c1-25-32(19-49-42(51-25)54-22-26-17-31(26)41(54)57)36(24-58-59(43(2,3)4,28-11-7-5-8-12-28)29-13-9-6-10-14-29)55-23-27(18-50-55)52-40(56)35-21-48-20-34(53-35)37-30(39(46)47)15-16-33(44)38(37)45/h5-16,18-21,23,26,31,36,39H,17,22,24H2,1-4H3,(H,52,56). The molecular weight excluding hydrogens is 797 g/mol. The predicted molar refractivity (Wildman–Crippen MR) is 220 cm³/mol. The molecule has 3 unspecified atom stereocenters. The SMILES string of the molecule is Cc1nc(N2CC3CC3C2=O)ncc1C(CO[Si](c1ccccc1)(c1ccccc1)C(C)(C)C)n1cc(NC(=O)c2cncc(-c3c(C(F)F)ccc(Cl)c3F)n2)cn1. The molecule has 302 valence electrons. The van der Waals surface area contributed by atoms with Gasteiger partial charge in [-0.25, -0.2) is 28.1 Å². The van der Waals surface area contributed by atoms with Crippen LogP contribution in [-0.4, -0.2) is 63.0 Å². The van der Waals surface area contributed by atoms with Gasteiger partial charge in [0, 0.05) is 47.2 Å². The third-order valence-electron chi connectivity index (χ3n) is 11.1. The summed E-state index contributed by atoms with van der Waals surface area (Å²) in [6.07, 6.45) is 4.90. The Balaban J connectivity index is 1.14. The number of halogens is 4. The van der Waals surface area contributed by atoms with Gasteiger partial charge in [0.15, 0.2) is 5.82 Å². The van der Waals surface area contributed by atoms with E-state index in [-0.39, 0.29) is 45.6 Å². The Bertz CT molecular complexity index is 2500. The van der Waals surface area contributed by atoms with E-state index in [9.17, 15) is 18.4 Å². The van der Waals surface area contributed by atoms with Gasteiger partial charge >= 0.3 is 0 Å². The molecule has 3 aromatic heterocycles. The predicted octanol–water partition coefficient (Wildman–Crippen LogP) is 7.57. The Labute approximate surface area is 344 Å². The lowest BCUT2D eigenvalue weighted by molar-refractivity contribution is -0.118. The largest absolute Gasteiger partial charge is 0.405 e. The van der Waals surface area contributed by atoms with Gasteiger partial charge < -0.3 is 9.74 Å². The molecule has 2 fully saturated rings. The summed E-state index contributed by atoms with van der Waals surface area (Å²) in [6, 6.07) is 21.9. The van der Waals surface area contributed by atoms with Gasteiger partial charge in [0.2, 0.25) is 11.9 Å². The second-order valence-electron chi connectivity index (χ2n) is 15.8. The Morgan fingerprint density at radius 2 is 1.66 bits per heavy atom. The Kier molecular flexibility index (Phi) is 10.7. The fraction of sp³-hybridized carbons (Fsp3) is 0.279. The number of carbonyl (C=O) groups excluding carboxylic acids is 2. The number of alkyl halides is 2. The zero-order valence-electron chi connectivity index (χ0n) is 32.6. The van der Waals surface area contributed by atoms with Crippen LogP contribution in [0.5, 0.6) is 0 Å². The lowest BCUT2D eigenvalue weighted by Crippen LogP contribution is -2.67. The lowest BCUT2D eigenvalue weighted by Gasteiger charge is -2.43. The summed E-state index contributed by atoms with van der Waals surface area (Å²) in [4.78, 5) is 45.9. The minimum absolute atomic E-state index is 0.0450. The number of anilines is 2. The van der Waals surface area contributed by atoms with E-state index >= 15 is 4.39 Å². The molecule has 6 aromatic rings. The normalized spacial score (nSPS) is 17.0. The maximum atomic E-state index is 15.1. The Morgan fingerprint density at radius 1 is 0.966 bits per heavy atom. The minimum atomic E-state index is -3.06.